The highest BCUT2D eigenvalue weighted by Crippen LogP contribution is 2.60. The molecule has 2 atom stereocenters. The third kappa shape index (κ3) is 2.62. The van der Waals surface area contributed by atoms with E-state index in [-0.39, 0.29) is 5.92 Å². The van der Waals surface area contributed by atoms with E-state index in [9.17, 15) is 10.1 Å². The Bertz CT molecular complexity index is 551. The van der Waals surface area contributed by atoms with Crippen molar-refractivity contribution in [3.63, 3.8) is 0 Å². The maximum atomic E-state index is 12.2. The van der Waals surface area contributed by atoms with E-state index in [4.69, 9.17) is 9.47 Å². The quantitative estimate of drug-likeness (QED) is 0.794. The molecule has 0 aliphatic heterocycles. The predicted molar refractivity (Wildman–Crippen MR) is 74.2 cm³/mol. The summed E-state index contributed by atoms with van der Waals surface area (Å²) in [5, 5.41) is 9.38. The fourth-order valence-corrected chi connectivity index (χ4v) is 2.27. The van der Waals surface area contributed by atoms with Gasteiger partial charge >= 0.3 is 5.97 Å². The van der Waals surface area contributed by atoms with Crippen LogP contribution >= 0.6 is 0 Å². The summed E-state index contributed by atoms with van der Waals surface area (Å²) in [6.45, 7) is 5.42. The fourth-order valence-electron chi connectivity index (χ4n) is 2.27. The molecule has 1 aromatic carbocycles. The Hall–Kier alpha value is -2.02. The lowest BCUT2D eigenvalue weighted by Gasteiger charge is -2.21. The van der Waals surface area contributed by atoms with Crippen molar-refractivity contribution in [1.29, 1.82) is 5.26 Å². The largest absolute Gasteiger partial charge is 0.497 e. The Morgan fingerprint density at radius 2 is 1.95 bits per heavy atom. The van der Waals surface area contributed by atoms with Crippen molar-refractivity contribution in [2.75, 3.05) is 7.11 Å². The molecule has 20 heavy (non-hydrogen) atoms. The van der Waals surface area contributed by atoms with Gasteiger partial charge in [-0.25, -0.2) is 0 Å². The summed E-state index contributed by atoms with van der Waals surface area (Å²) in [6.07, 6.45) is 0.519. The van der Waals surface area contributed by atoms with Crippen molar-refractivity contribution in [3.05, 3.63) is 29.8 Å². The van der Waals surface area contributed by atoms with E-state index >= 15 is 0 Å². The Labute approximate surface area is 119 Å². The third-order valence-electron chi connectivity index (χ3n) is 3.44. The number of nitrogens with zero attached hydrogens (tertiary/aromatic N) is 1. The summed E-state index contributed by atoms with van der Waals surface area (Å²) in [4.78, 5) is 12.2. The number of hydrogen-bond donors (Lipinski definition) is 0. The Morgan fingerprint density at radius 1 is 1.35 bits per heavy atom. The molecule has 0 amide bonds. The highest BCUT2D eigenvalue weighted by Gasteiger charge is 2.63. The molecular weight excluding hydrogens is 254 g/mol. The summed E-state index contributed by atoms with van der Waals surface area (Å²) < 4.78 is 10.5. The Morgan fingerprint density at radius 3 is 2.40 bits per heavy atom. The van der Waals surface area contributed by atoms with Crippen LogP contribution in [0, 0.1) is 16.7 Å². The molecule has 1 fully saturated rings. The summed E-state index contributed by atoms with van der Waals surface area (Å²) >= 11 is 0. The van der Waals surface area contributed by atoms with Gasteiger partial charge in [-0.2, -0.15) is 5.26 Å². The van der Waals surface area contributed by atoms with Crippen molar-refractivity contribution < 1.29 is 14.3 Å². The lowest BCUT2D eigenvalue weighted by molar-refractivity contribution is -0.159. The molecule has 0 bridgehead atoms. The van der Waals surface area contributed by atoms with E-state index in [1.807, 2.05) is 24.3 Å². The van der Waals surface area contributed by atoms with Crippen molar-refractivity contribution >= 4 is 5.97 Å². The van der Waals surface area contributed by atoms with E-state index < -0.39 is 17.0 Å². The Balaban J connectivity index is 2.16. The lowest BCUT2D eigenvalue weighted by Crippen LogP contribution is -2.29. The molecule has 0 radical (unpaired) electrons. The van der Waals surface area contributed by atoms with E-state index in [0.29, 0.717) is 6.42 Å². The molecule has 2 rings (SSSR count). The van der Waals surface area contributed by atoms with Gasteiger partial charge in [0.2, 0.25) is 0 Å². The monoisotopic (exact) mass is 273 g/mol. The van der Waals surface area contributed by atoms with Gasteiger partial charge in [-0.15, -0.1) is 0 Å². The number of nitriles is 1. The van der Waals surface area contributed by atoms with Crippen molar-refractivity contribution in [2.45, 2.75) is 38.7 Å². The molecule has 0 aromatic heterocycles. The predicted octanol–water partition coefficient (Wildman–Crippen LogP) is 3.03. The molecule has 0 heterocycles. The molecule has 1 aliphatic carbocycles. The standard InChI is InChI=1S/C16H19NO3/c1-15(2,3)20-14(18)16(10-17)9-13(16)11-5-7-12(19-4)8-6-11/h5-8,13H,9H2,1-4H3/t13-,16-/m0/s1. The van der Waals surface area contributed by atoms with E-state index in [1.54, 1.807) is 27.9 Å². The number of hydrogen-bond acceptors (Lipinski definition) is 4. The second-order valence-corrected chi connectivity index (χ2v) is 6.11. The second kappa shape index (κ2) is 4.82. The molecule has 4 heteroatoms. The number of carbonyl (C=O) groups excluding carboxylic acids is 1. The molecule has 0 unspecified atom stereocenters. The number of benzene rings is 1. The van der Waals surface area contributed by atoms with Crippen LogP contribution in [0.4, 0.5) is 0 Å². The molecule has 0 spiro atoms. The second-order valence-electron chi connectivity index (χ2n) is 6.11. The topological polar surface area (TPSA) is 59.3 Å². The highest BCUT2D eigenvalue weighted by molar-refractivity contribution is 5.86. The molecule has 1 aliphatic rings. The third-order valence-corrected chi connectivity index (χ3v) is 3.44. The first-order valence-electron chi connectivity index (χ1n) is 6.61. The van der Waals surface area contributed by atoms with Gasteiger partial charge in [-0.3, -0.25) is 4.79 Å². The minimum absolute atomic E-state index is 0.0896. The minimum Gasteiger partial charge on any atom is -0.497 e. The number of ether oxygens (including phenoxy) is 2. The number of methoxy groups -OCH3 is 1. The molecule has 4 nitrogen and oxygen atoms in total. The van der Waals surface area contributed by atoms with Gasteiger partial charge in [0, 0.05) is 5.92 Å². The van der Waals surface area contributed by atoms with E-state index in [2.05, 4.69) is 6.07 Å². The van der Waals surface area contributed by atoms with Gasteiger partial charge < -0.3 is 9.47 Å². The molecular formula is C16H19NO3. The van der Waals surface area contributed by atoms with Gasteiger partial charge in [-0.05, 0) is 44.9 Å². The summed E-state index contributed by atoms with van der Waals surface area (Å²) in [5.41, 5.74) is -0.631. The van der Waals surface area contributed by atoms with E-state index in [1.165, 1.54) is 0 Å². The smallest absolute Gasteiger partial charge is 0.327 e. The van der Waals surface area contributed by atoms with Crippen LogP contribution in [-0.4, -0.2) is 18.7 Å². The van der Waals surface area contributed by atoms with Crippen molar-refractivity contribution in [2.24, 2.45) is 5.41 Å². The summed E-state index contributed by atoms with van der Waals surface area (Å²) in [6, 6.07) is 9.61. The Kier molecular flexibility index (Phi) is 3.47. The van der Waals surface area contributed by atoms with E-state index in [0.717, 1.165) is 11.3 Å². The normalized spacial score (nSPS) is 24.6. The molecule has 0 N–H and O–H groups in total. The van der Waals surface area contributed by atoms with Crippen molar-refractivity contribution in [1.82, 2.24) is 0 Å². The van der Waals surface area contributed by atoms with Crippen LogP contribution in [0.2, 0.25) is 0 Å². The number of carbonyl (C=O) groups is 1. The number of esters is 1. The maximum absolute atomic E-state index is 12.2. The van der Waals surface area contributed by atoms with Crippen LogP contribution in [-0.2, 0) is 9.53 Å². The maximum Gasteiger partial charge on any atom is 0.327 e. The zero-order valence-electron chi connectivity index (χ0n) is 12.3. The van der Waals surface area contributed by atoms with Crippen LogP contribution < -0.4 is 4.74 Å². The zero-order chi connectivity index (χ0) is 15.0. The molecule has 0 saturated heterocycles. The van der Waals surface area contributed by atoms with Gasteiger partial charge in [0.25, 0.3) is 0 Å². The summed E-state index contributed by atoms with van der Waals surface area (Å²) in [5.74, 6) is 0.246. The molecule has 106 valence electrons. The minimum atomic E-state index is -1.03. The van der Waals surface area contributed by atoms with Gasteiger partial charge in [-0.1, -0.05) is 12.1 Å². The van der Waals surface area contributed by atoms with Crippen LogP contribution in [0.5, 0.6) is 5.75 Å². The first-order valence-corrected chi connectivity index (χ1v) is 6.61. The summed E-state index contributed by atoms with van der Waals surface area (Å²) in [7, 11) is 1.60. The molecule has 1 aromatic rings. The van der Waals surface area contributed by atoms with Gasteiger partial charge in [0.05, 0.1) is 13.2 Å². The van der Waals surface area contributed by atoms with Crippen molar-refractivity contribution in [3.8, 4) is 11.8 Å². The number of rotatable bonds is 3. The average molecular weight is 273 g/mol. The van der Waals surface area contributed by atoms with Crippen LogP contribution in [0.1, 0.15) is 38.7 Å². The zero-order valence-corrected chi connectivity index (χ0v) is 12.3. The first-order chi connectivity index (χ1) is 9.32. The van der Waals surface area contributed by atoms with Crippen LogP contribution in [0.3, 0.4) is 0 Å². The highest BCUT2D eigenvalue weighted by atomic mass is 16.6. The molecule has 1 saturated carbocycles. The van der Waals surface area contributed by atoms with Gasteiger partial charge in [0.1, 0.15) is 11.4 Å². The lowest BCUT2D eigenvalue weighted by atomic mass is 10.00. The fraction of sp³-hybridized carbons (Fsp3) is 0.500. The van der Waals surface area contributed by atoms with Crippen LogP contribution in [0.25, 0.3) is 0 Å². The average Bonchev–Trinajstić information content (AvgIpc) is 3.13. The van der Waals surface area contributed by atoms with Gasteiger partial charge in [0.15, 0.2) is 5.41 Å². The first kappa shape index (κ1) is 14.4. The van der Waals surface area contributed by atoms with Crippen LogP contribution in [0.15, 0.2) is 24.3 Å². The SMILES string of the molecule is COc1ccc([C@@H]2C[C@@]2(C#N)C(=O)OC(C)(C)C)cc1.